The quantitative estimate of drug-likeness (QED) is 0.432. The van der Waals surface area contributed by atoms with Crippen molar-refractivity contribution in [3.8, 4) is 0 Å². The van der Waals surface area contributed by atoms with Crippen molar-refractivity contribution in [1.29, 1.82) is 0 Å². The molecule has 0 aromatic heterocycles. The van der Waals surface area contributed by atoms with Gasteiger partial charge >= 0.3 is 0 Å². The van der Waals surface area contributed by atoms with Gasteiger partial charge in [0.1, 0.15) is 0 Å². The summed E-state index contributed by atoms with van der Waals surface area (Å²) in [4.78, 5) is 0.340. The van der Waals surface area contributed by atoms with Crippen LogP contribution >= 0.6 is 31.9 Å². The van der Waals surface area contributed by atoms with E-state index < -0.39 is 0 Å². The fourth-order valence-corrected chi connectivity index (χ4v) is 4.04. The molecule has 0 saturated carbocycles. The molecule has 1 atom stereocenters. The van der Waals surface area contributed by atoms with E-state index in [1.165, 1.54) is 27.5 Å². The maximum absolute atomic E-state index is 3.85. The molecule has 0 aliphatic rings. The first-order valence-electron chi connectivity index (χ1n) is 7.01. The third kappa shape index (κ3) is 3.38. The molecular weight excluding hydrogens is 388 g/mol. The van der Waals surface area contributed by atoms with E-state index in [9.17, 15) is 0 Å². The molecule has 0 N–H and O–H groups in total. The smallest absolute Gasteiger partial charge is 0.0438 e. The fourth-order valence-electron chi connectivity index (χ4n) is 2.67. The summed E-state index contributed by atoms with van der Waals surface area (Å²) in [6.07, 6.45) is 0.993. The Kier molecular flexibility index (Phi) is 4.46. The average Bonchev–Trinajstić information content (AvgIpc) is 2.47. The van der Waals surface area contributed by atoms with Crippen molar-refractivity contribution in [2.45, 2.75) is 18.2 Å². The third-order valence-corrected chi connectivity index (χ3v) is 5.11. The van der Waals surface area contributed by atoms with Crippen molar-refractivity contribution in [2.75, 3.05) is 0 Å². The molecule has 3 rings (SSSR count). The van der Waals surface area contributed by atoms with Crippen molar-refractivity contribution in [1.82, 2.24) is 0 Å². The maximum atomic E-state index is 3.85. The summed E-state index contributed by atoms with van der Waals surface area (Å²) in [5.74, 6) is 0. The Morgan fingerprint density at radius 1 is 0.905 bits per heavy atom. The second kappa shape index (κ2) is 6.33. The van der Waals surface area contributed by atoms with Gasteiger partial charge in [0.05, 0.1) is 0 Å². The standard InChI is InChI=1S/C19H16Br2/c1-13-10-17(20)8-9-18(13)19(21)12-14-6-7-15-4-2-3-5-16(15)11-14/h2-11,19H,12H2,1H3. The van der Waals surface area contributed by atoms with E-state index in [1.807, 2.05) is 0 Å². The highest BCUT2D eigenvalue weighted by Gasteiger charge is 2.11. The van der Waals surface area contributed by atoms with E-state index in [1.54, 1.807) is 0 Å². The molecule has 21 heavy (non-hydrogen) atoms. The molecule has 0 nitrogen and oxygen atoms in total. The topological polar surface area (TPSA) is 0 Å². The van der Waals surface area contributed by atoms with Gasteiger partial charge < -0.3 is 0 Å². The maximum Gasteiger partial charge on any atom is 0.0438 e. The molecule has 0 bridgehead atoms. The molecule has 3 aromatic carbocycles. The van der Waals surface area contributed by atoms with Crippen molar-refractivity contribution in [3.05, 3.63) is 81.8 Å². The molecule has 0 saturated heterocycles. The Morgan fingerprint density at radius 2 is 1.67 bits per heavy atom. The van der Waals surface area contributed by atoms with E-state index >= 15 is 0 Å². The molecule has 1 unspecified atom stereocenters. The van der Waals surface area contributed by atoms with Crippen LogP contribution in [-0.4, -0.2) is 0 Å². The summed E-state index contributed by atoms with van der Waals surface area (Å²) >= 11 is 7.37. The number of hydrogen-bond donors (Lipinski definition) is 0. The van der Waals surface area contributed by atoms with Crippen LogP contribution in [0.4, 0.5) is 0 Å². The van der Waals surface area contributed by atoms with Gasteiger partial charge in [-0.2, -0.15) is 0 Å². The van der Waals surface area contributed by atoms with Gasteiger partial charge in [-0.15, -0.1) is 0 Å². The first-order chi connectivity index (χ1) is 10.1. The van der Waals surface area contributed by atoms with Gasteiger partial charge in [-0.3, -0.25) is 0 Å². The van der Waals surface area contributed by atoms with E-state index in [0.717, 1.165) is 10.9 Å². The Morgan fingerprint density at radius 3 is 2.43 bits per heavy atom. The number of fused-ring (bicyclic) bond motifs is 1. The highest BCUT2D eigenvalue weighted by atomic mass is 79.9. The van der Waals surface area contributed by atoms with E-state index in [4.69, 9.17) is 0 Å². The molecule has 106 valence electrons. The first kappa shape index (κ1) is 14.8. The van der Waals surface area contributed by atoms with Crippen LogP contribution in [0.2, 0.25) is 0 Å². The predicted molar refractivity (Wildman–Crippen MR) is 98.2 cm³/mol. The third-order valence-electron chi connectivity index (χ3n) is 3.80. The second-order valence-corrected chi connectivity index (χ2v) is 7.38. The molecule has 2 heteroatoms. The van der Waals surface area contributed by atoms with E-state index in [0.29, 0.717) is 4.83 Å². The van der Waals surface area contributed by atoms with Gasteiger partial charge in [0.15, 0.2) is 0 Å². The number of hydrogen-bond acceptors (Lipinski definition) is 0. The molecule has 0 spiro atoms. The van der Waals surface area contributed by atoms with Crippen molar-refractivity contribution in [3.63, 3.8) is 0 Å². The number of rotatable bonds is 3. The molecule has 0 radical (unpaired) electrons. The van der Waals surface area contributed by atoms with Crippen molar-refractivity contribution >= 4 is 42.6 Å². The zero-order chi connectivity index (χ0) is 14.8. The van der Waals surface area contributed by atoms with E-state index in [2.05, 4.69) is 99.4 Å². The van der Waals surface area contributed by atoms with Crippen LogP contribution in [0.15, 0.2) is 65.1 Å². The van der Waals surface area contributed by atoms with Gasteiger partial charge in [-0.1, -0.05) is 80.4 Å². The number of benzene rings is 3. The number of alkyl halides is 1. The van der Waals surface area contributed by atoms with Crippen LogP contribution in [0.1, 0.15) is 21.5 Å². The summed E-state index contributed by atoms with van der Waals surface area (Å²) in [6.45, 7) is 2.16. The lowest BCUT2D eigenvalue weighted by Gasteiger charge is -2.14. The molecule has 0 aliphatic heterocycles. The Hall–Kier alpha value is -1.12. The summed E-state index contributed by atoms with van der Waals surface area (Å²) < 4.78 is 1.13. The van der Waals surface area contributed by atoms with Crippen LogP contribution in [0, 0.1) is 6.92 Å². The molecule has 0 fully saturated rings. The molecule has 0 aliphatic carbocycles. The fraction of sp³-hybridized carbons (Fsp3) is 0.158. The minimum Gasteiger partial charge on any atom is -0.0835 e. The summed E-state index contributed by atoms with van der Waals surface area (Å²) in [7, 11) is 0. The monoisotopic (exact) mass is 402 g/mol. The van der Waals surface area contributed by atoms with Gasteiger partial charge in [-0.05, 0) is 52.9 Å². The summed E-state index contributed by atoms with van der Waals surface area (Å²) in [5.41, 5.74) is 4.02. The normalized spacial score (nSPS) is 12.5. The average molecular weight is 404 g/mol. The lowest BCUT2D eigenvalue weighted by atomic mass is 9.99. The van der Waals surface area contributed by atoms with Crippen LogP contribution in [0.25, 0.3) is 10.8 Å². The second-order valence-electron chi connectivity index (χ2n) is 5.35. The highest BCUT2D eigenvalue weighted by molar-refractivity contribution is 9.10. The zero-order valence-corrected chi connectivity index (χ0v) is 15.0. The van der Waals surface area contributed by atoms with Gasteiger partial charge in [0, 0.05) is 9.30 Å². The summed E-state index contributed by atoms with van der Waals surface area (Å²) in [5, 5.41) is 2.61. The van der Waals surface area contributed by atoms with Gasteiger partial charge in [0.25, 0.3) is 0 Å². The minimum atomic E-state index is 0.340. The van der Waals surface area contributed by atoms with Gasteiger partial charge in [0.2, 0.25) is 0 Å². The molecule has 3 aromatic rings. The SMILES string of the molecule is Cc1cc(Br)ccc1C(Br)Cc1ccc2ccccc2c1. The largest absolute Gasteiger partial charge is 0.0835 e. The minimum absolute atomic E-state index is 0.340. The Bertz CT molecular complexity index is 777. The predicted octanol–water partition coefficient (Wildman–Crippen LogP) is 6.59. The van der Waals surface area contributed by atoms with Crippen molar-refractivity contribution in [2.24, 2.45) is 0 Å². The van der Waals surface area contributed by atoms with Gasteiger partial charge in [-0.25, -0.2) is 0 Å². The lowest BCUT2D eigenvalue weighted by molar-refractivity contribution is 0.939. The van der Waals surface area contributed by atoms with E-state index in [-0.39, 0.29) is 0 Å². The molecule has 0 heterocycles. The van der Waals surface area contributed by atoms with Crippen LogP contribution < -0.4 is 0 Å². The number of halogens is 2. The highest BCUT2D eigenvalue weighted by Crippen LogP contribution is 2.31. The number of aryl methyl sites for hydroxylation is 1. The molecular formula is C19H16Br2. The Labute approximate surface area is 142 Å². The summed E-state index contributed by atoms with van der Waals surface area (Å²) in [6, 6.07) is 21.7. The molecule has 0 amide bonds. The first-order valence-corrected chi connectivity index (χ1v) is 8.72. The van der Waals surface area contributed by atoms with Crippen molar-refractivity contribution < 1.29 is 0 Å². The van der Waals surface area contributed by atoms with Crippen LogP contribution in [-0.2, 0) is 6.42 Å². The zero-order valence-electron chi connectivity index (χ0n) is 11.8. The van der Waals surface area contributed by atoms with Crippen LogP contribution in [0.5, 0.6) is 0 Å². The van der Waals surface area contributed by atoms with Crippen LogP contribution in [0.3, 0.4) is 0 Å². The lowest BCUT2D eigenvalue weighted by Crippen LogP contribution is -1.98. The Balaban J connectivity index is 1.87.